The van der Waals surface area contributed by atoms with E-state index in [0.29, 0.717) is 32.5 Å². The van der Waals surface area contributed by atoms with Crippen molar-refractivity contribution < 1.29 is 14.2 Å². The maximum Gasteiger partial charge on any atom is 0.271 e. The molecule has 0 bridgehead atoms. The number of fused-ring (bicyclic) bond motifs is 3. The van der Waals surface area contributed by atoms with Crippen LogP contribution in [-0.4, -0.2) is 18.8 Å². The number of rotatable bonds is 7. The van der Waals surface area contributed by atoms with Gasteiger partial charge in [0.05, 0.1) is 30.5 Å². The summed E-state index contributed by atoms with van der Waals surface area (Å²) in [5.41, 5.74) is 7.19. The van der Waals surface area contributed by atoms with Gasteiger partial charge in [-0.1, -0.05) is 83.6 Å². The largest absolute Gasteiger partial charge is 0.496 e. The van der Waals surface area contributed by atoms with E-state index in [1.165, 1.54) is 16.9 Å². The summed E-state index contributed by atoms with van der Waals surface area (Å²) in [4.78, 5) is 20.0. The Morgan fingerprint density at radius 1 is 0.909 bits per heavy atom. The number of thiazole rings is 1. The van der Waals surface area contributed by atoms with Gasteiger partial charge in [0.2, 0.25) is 0 Å². The smallest absolute Gasteiger partial charge is 0.271 e. The van der Waals surface area contributed by atoms with E-state index >= 15 is 0 Å². The topological polar surface area (TPSA) is 62.0 Å². The number of ether oxygens (including phenoxy) is 3. The van der Waals surface area contributed by atoms with Crippen LogP contribution in [0.15, 0.2) is 106 Å². The van der Waals surface area contributed by atoms with E-state index in [1.807, 2.05) is 83.4 Å². The Kier molecular flexibility index (Phi) is 7.58. The number of halogens is 1. The minimum Gasteiger partial charge on any atom is -0.496 e. The van der Waals surface area contributed by atoms with E-state index < -0.39 is 0 Å². The summed E-state index contributed by atoms with van der Waals surface area (Å²) in [5, 5.41) is 0.681. The molecule has 220 valence electrons. The van der Waals surface area contributed by atoms with Crippen LogP contribution in [0.25, 0.3) is 11.8 Å². The summed E-state index contributed by atoms with van der Waals surface area (Å²) < 4.78 is 19.9. The molecular weight excluding hydrogens is 592 g/mol. The molecule has 1 aromatic heterocycles. The maximum absolute atomic E-state index is 14.2. The van der Waals surface area contributed by atoms with Gasteiger partial charge in [0.1, 0.15) is 12.4 Å². The van der Waals surface area contributed by atoms with Crippen LogP contribution in [0.5, 0.6) is 17.2 Å². The van der Waals surface area contributed by atoms with Crippen LogP contribution >= 0.6 is 22.9 Å². The van der Waals surface area contributed by atoms with Crippen molar-refractivity contribution in [3.63, 3.8) is 0 Å². The summed E-state index contributed by atoms with van der Waals surface area (Å²) in [5.74, 6) is 1.95. The summed E-state index contributed by atoms with van der Waals surface area (Å²) in [6.45, 7) is 0.377. The normalized spacial score (nSPS) is 15.6. The molecule has 44 heavy (non-hydrogen) atoms. The molecule has 2 aliphatic rings. The number of hydrogen-bond donors (Lipinski definition) is 0. The van der Waals surface area contributed by atoms with Gasteiger partial charge in [-0.25, -0.2) is 4.99 Å². The number of benzene rings is 4. The highest BCUT2D eigenvalue weighted by Crippen LogP contribution is 2.43. The van der Waals surface area contributed by atoms with E-state index in [9.17, 15) is 4.79 Å². The molecule has 0 saturated carbocycles. The Morgan fingerprint density at radius 2 is 1.68 bits per heavy atom. The molecule has 0 saturated heterocycles. The minimum atomic E-state index is -0.314. The molecule has 0 N–H and O–H groups in total. The van der Waals surface area contributed by atoms with E-state index in [-0.39, 0.29) is 11.6 Å². The van der Waals surface area contributed by atoms with E-state index in [1.54, 1.807) is 14.2 Å². The molecule has 1 aliphatic carbocycles. The lowest BCUT2D eigenvalue weighted by molar-refractivity contribution is 0.284. The van der Waals surface area contributed by atoms with Gasteiger partial charge in [-0.2, -0.15) is 0 Å². The second kappa shape index (κ2) is 11.8. The van der Waals surface area contributed by atoms with Crippen LogP contribution in [0, 0.1) is 0 Å². The standard InChI is InChI=1S/C36H29ClN2O4S/c1-41-29-10-6-5-9-27(29)34-28-17-14-24-7-3-4-8-26(24)33(28)38-36-39(34)35(40)32(44-36)20-23-13-18-30(31(19-23)42-2)43-21-22-11-15-25(37)16-12-22/h3-13,15-16,18-20,34H,14,17,21H2,1-2H3/b32-20-/t34-/m0/s1. The summed E-state index contributed by atoms with van der Waals surface area (Å²) in [6.07, 6.45) is 3.61. The third kappa shape index (κ3) is 5.12. The molecule has 0 fully saturated rings. The number of para-hydroxylation sites is 1. The number of methoxy groups -OCH3 is 2. The van der Waals surface area contributed by atoms with Gasteiger partial charge in [-0.05, 0) is 71.5 Å². The lowest BCUT2D eigenvalue weighted by Gasteiger charge is -2.31. The highest BCUT2D eigenvalue weighted by atomic mass is 35.5. The molecule has 6 nitrogen and oxygen atoms in total. The SMILES string of the molecule is COc1cc(/C=c2\sc3n(c2=O)[C@@H](c2ccccc2OC)C2=C(N=3)c3ccccc3CC2)ccc1OCc1ccc(Cl)cc1. The quantitative estimate of drug-likeness (QED) is 0.207. The second-order valence-corrected chi connectivity index (χ2v) is 12.1. The number of hydrogen-bond acceptors (Lipinski definition) is 6. The third-order valence-electron chi connectivity index (χ3n) is 8.10. The lowest BCUT2D eigenvalue weighted by Crippen LogP contribution is -2.39. The lowest BCUT2D eigenvalue weighted by atomic mass is 9.83. The molecule has 2 heterocycles. The van der Waals surface area contributed by atoms with Crippen molar-refractivity contribution in [3.05, 3.63) is 149 Å². The van der Waals surface area contributed by atoms with Crippen molar-refractivity contribution in [1.29, 1.82) is 0 Å². The zero-order valence-corrected chi connectivity index (χ0v) is 25.8. The van der Waals surface area contributed by atoms with Crippen molar-refractivity contribution in [3.8, 4) is 17.2 Å². The van der Waals surface area contributed by atoms with Crippen molar-refractivity contribution in [2.45, 2.75) is 25.5 Å². The fraction of sp³-hybridized carbons (Fsp3) is 0.167. The zero-order valence-electron chi connectivity index (χ0n) is 24.2. The molecule has 0 amide bonds. The molecule has 4 aromatic carbocycles. The first-order valence-corrected chi connectivity index (χ1v) is 15.5. The van der Waals surface area contributed by atoms with Crippen LogP contribution in [0.1, 0.15) is 40.3 Å². The maximum atomic E-state index is 14.2. The van der Waals surface area contributed by atoms with E-state index in [0.717, 1.165) is 52.1 Å². The fourth-order valence-electron chi connectivity index (χ4n) is 5.98. The molecule has 5 aromatic rings. The monoisotopic (exact) mass is 620 g/mol. The molecule has 1 aliphatic heterocycles. The summed E-state index contributed by atoms with van der Waals surface area (Å²) in [6, 6.07) is 29.2. The predicted octanol–water partition coefficient (Wildman–Crippen LogP) is 6.57. The third-order valence-corrected chi connectivity index (χ3v) is 9.33. The minimum absolute atomic E-state index is 0.0860. The van der Waals surface area contributed by atoms with E-state index in [4.69, 9.17) is 30.8 Å². The predicted molar refractivity (Wildman–Crippen MR) is 175 cm³/mol. The van der Waals surface area contributed by atoms with Crippen molar-refractivity contribution >= 4 is 34.7 Å². The molecule has 1 atom stereocenters. The van der Waals surface area contributed by atoms with Crippen LogP contribution in [0.4, 0.5) is 0 Å². The first-order chi connectivity index (χ1) is 21.5. The molecular formula is C36H29ClN2O4S. The van der Waals surface area contributed by atoms with Crippen molar-refractivity contribution in [1.82, 2.24) is 4.57 Å². The van der Waals surface area contributed by atoms with Gasteiger partial charge in [0, 0.05) is 16.1 Å². The van der Waals surface area contributed by atoms with Crippen molar-refractivity contribution in [2.75, 3.05) is 14.2 Å². The first kappa shape index (κ1) is 28.2. The molecule has 0 unspecified atom stereocenters. The number of allylic oxidation sites excluding steroid dienone is 1. The van der Waals surface area contributed by atoms with Crippen LogP contribution in [0.2, 0.25) is 5.02 Å². The summed E-state index contributed by atoms with van der Waals surface area (Å²) in [7, 11) is 3.28. The van der Waals surface area contributed by atoms with Gasteiger partial charge in [-0.15, -0.1) is 0 Å². The highest BCUT2D eigenvalue weighted by Gasteiger charge is 2.34. The Morgan fingerprint density at radius 3 is 2.50 bits per heavy atom. The number of aryl methyl sites for hydroxylation is 1. The van der Waals surface area contributed by atoms with Gasteiger partial charge in [-0.3, -0.25) is 9.36 Å². The van der Waals surface area contributed by atoms with Gasteiger partial charge in [0.25, 0.3) is 5.56 Å². The van der Waals surface area contributed by atoms with Gasteiger partial charge >= 0.3 is 0 Å². The first-order valence-electron chi connectivity index (χ1n) is 14.4. The Balaban J connectivity index is 1.32. The summed E-state index contributed by atoms with van der Waals surface area (Å²) >= 11 is 7.40. The Bertz CT molecular complexity index is 2100. The molecule has 0 radical (unpaired) electrons. The average molecular weight is 621 g/mol. The van der Waals surface area contributed by atoms with Gasteiger partial charge in [0.15, 0.2) is 16.3 Å². The highest BCUT2D eigenvalue weighted by molar-refractivity contribution is 7.07. The average Bonchev–Trinajstić information content (AvgIpc) is 3.37. The van der Waals surface area contributed by atoms with Crippen molar-refractivity contribution in [2.24, 2.45) is 4.99 Å². The molecule has 0 spiro atoms. The van der Waals surface area contributed by atoms with Crippen LogP contribution in [0.3, 0.4) is 0 Å². The van der Waals surface area contributed by atoms with Crippen LogP contribution < -0.4 is 29.1 Å². The second-order valence-electron chi connectivity index (χ2n) is 10.7. The zero-order chi connectivity index (χ0) is 30.2. The van der Waals surface area contributed by atoms with Crippen LogP contribution in [-0.2, 0) is 13.0 Å². The fourth-order valence-corrected chi connectivity index (χ4v) is 7.10. The Labute approximate surface area is 263 Å². The Hall–Kier alpha value is -4.59. The van der Waals surface area contributed by atoms with E-state index in [2.05, 4.69) is 18.2 Å². The number of aromatic nitrogens is 1. The number of nitrogens with zero attached hydrogens (tertiary/aromatic N) is 2. The molecule has 7 rings (SSSR count). The van der Waals surface area contributed by atoms with Gasteiger partial charge < -0.3 is 14.2 Å². The molecule has 8 heteroatoms.